The Morgan fingerprint density at radius 2 is 1.79 bits per heavy atom. The van der Waals surface area contributed by atoms with Crippen molar-refractivity contribution in [3.63, 3.8) is 0 Å². The maximum atomic E-state index is 11.9. The Morgan fingerprint density at radius 1 is 1.04 bits per heavy atom. The molecule has 0 aliphatic rings. The first-order valence-corrected chi connectivity index (χ1v) is 8.08. The molecule has 0 aliphatic heterocycles. The van der Waals surface area contributed by atoms with Crippen molar-refractivity contribution in [1.82, 2.24) is 10.6 Å². The van der Waals surface area contributed by atoms with Crippen molar-refractivity contribution in [2.75, 3.05) is 20.3 Å². The Bertz CT molecular complexity index is 641. The molecule has 2 amide bonds. The summed E-state index contributed by atoms with van der Waals surface area (Å²) in [5.74, 6) is 1.68. The number of amides is 2. The van der Waals surface area contributed by atoms with Crippen molar-refractivity contribution in [3.05, 3.63) is 59.7 Å². The summed E-state index contributed by atoms with van der Waals surface area (Å²) >= 11 is 0. The zero-order valence-electron chi connectivity index (χ0n) is 14.2. The lowest BCUT2D eigenvalue weighted by Crippen LogP contribution is -2.36. The third-order valence-corrected chi connectivity index (χ3v) is 3.56. The third-order valence-electron chi connectivity index (χ3n) is 3.56. The average molecular weight is 328 g/mol. The Balaban J connectivity index is 1.71. The highest BCUT2D eigenvalue weighted by Crippen LogP contribution is 2.17. The van der Waals surface area contributed by atoms with Crippen LogP contribution in [0.2, 0.25) is 0 Å². The van der Waals surface area contributed by atoms with Gasteiger partial charge in [0.05, 0.1) is 13.7 Å². The highest BCUT2D eigenvalue weighted by molar-refractivity contribution is 5.73. The summed E-state index contributed by atoms with van der Waals surface area (Å²) in [4.78, 5) is 11.9. The van der Waals surface area contributed by atoms with Crippen LogP contribution < -0.4 is 20.1 Å². The predicted molar refractivity (Wildman–Crippen MR) is 94.5 cm³/mol. The summed E-state index contributed by atoms with van der Waals surface area (Å²) in [6, 6.07) is 15.3. The van der Waals surface area contributed by atoms with Crippen LogP contribution in [0.25, 0.3) is 0 Å². The first-order valence-electron chi connectivity index (χ1n) is 8.08. The molecule has 5 nitrogen and oxygen atoms in total. The number of benzene rings is 2. The average Bonchev–Trinajstić information content (AvgIpc) is 2.62. The fourth-order valence-corrected chi connectivity index (χ4v) is 2.34. The Kier molecular flexibility index (Phi) is 6.95. The molecule has 2 aromatic carbocycles. The van der Waals surface area contributed by atoms with Gasteiger partial charge in [0.25, 0.3) is 0 Å². The van der Waals surface area contributed by atoms with E-state index in [4.69, 9.17) is 9.47 Å². The fourth-order valence-electron chi connectivity index (χ4n) is 2.34. The van der Waals surface area contributed by atoms with Gasteiger partial charge in [-0.05, 0) is 42.7 Å². The summed E-state index contributed by atoms with van der Waals surface area (Å²) in [5, 5.41) is 5.70. The number of carbonyl (C=O) groups excluding carboxylic acids is 1. The molecule has 0 fully saturated rings. The predicted octanol–water partition coefficient (Wildman–Crippen LogP) is 3.14. The fraction of sp³-hybridized carbons (Fsp3) is 0.316. The van der Waals surface area contributed by atoms with Crippen LogP contribution >= 0.6 is 0 Å². The minimum Gasteiger partial charge on any atom is -0.496 e. The van der Waals surface area contributed by atoms with Crippen LogP contribution in [0.1, 0.15) is 18.1 Å². The molecule has 0 bridgehead atoms. The van der Waals surface area contributed by atoms with E-state index in [1.807, 2.05) is 55.5 Å². The van der Waals surface area contributed by atoms with Crippen molar-refractivity contribution in [2.45, 2.75) is 19.9 Å². The highest BCUT2D eigenvalue weighted by atomic mass is 16.5. The molecule has 0 aromatic heterocycles. The molecule has 0 atom stereocenters. The number of para-hydroxylation sites is 1. The number of hydrogen-bond acceptors (Lipinski definition) is 3. The lowest BCUT2D eigenvalue weighted by Gasteiger charge is -2.10. The summed E-state index contributed by atoms with van der Waals surface area (Å²) in [6.45, 7) is 3.62. The van der Waals surface area contributed by atoms with E-state index in [-0.39, 0.29) is 6.03 Å². The molecule has 0 aliphatic carbocycles. The maximum Gasteiger partial charge on any atom is 0.315 e. The van der Waals surface area contributed by atoms with Crippen LogP contribution in [-0.2, 0) is 13.0 Å². The van der Waals surface area contributed by atoms with Crippen molar-refractivity contribution < 1.29 is 14.3 Å². The first-order chi connectivity index (χ1) is 11.7. The molecule has 0 spiro atoms. The number of urea groups is 1. The first kappa shape index (κ1) is 17.7. The van der Waals surface area contributed by atoms with Gasteiger partial charge in [-0.15, -0.1) is 0 Å². The summed E-state index contributed by atoms with van der Waals surface area (Å²) in [7, 11) is 1.65. The zero-order chi connectivity index (χ0) is 17.2. The topological polar surface area (TPSA) is 59.6 Å². The minimum atomic E-state index is -0.182. The second-order valence-electron chi connectivity index (χ2n) is 5.25. The van der Waals surface area contributed by atoms with E-state index in [0.717, 1.165) is 29.0 Å². The SMILES string of the molecule is CCOc1ccc(CNC(=O)NCCc2ccccc2OC)cc1. The van der Waals surface area contributed by atoms with E-state index in [1.165, 1.54) is 0 Å². The van der Waals surface area contributed by atoms with Crippen LogP contribution in [0.5, 0.6) is 11.5 Å². The number of ether oxygens (including phenoxy) is 2. The van der Waals surface area contributed by atoms with Crippen LogP contribution in [0, 0.1) is 0 Å². The molecule has 2 aromatic rings. The van der Waals surface area contributed by atoms with Gasteiger partial charge < -0.3 is 20.1 Å². The van der Waals surface area contributed by atoms with Gasteiger partial charge in [0.2, 0.25) is 0 Å². The molecule has 24 heavy (non-hydrogen) atoms. The zero-order valence-corrected chi connectivity index (χ0v) is 14.2. The van der Waals surface area contributed by atoms with Gasteiger partial charge in [0.1, 0.15) is 11.5 Å². The van der Waals surface area contributed by atoms with Gasteiger partial charge in [-0.25, -0.2) is 4.79 Å². The van der Waals surface area contributed by atoms with E-state index in [9.17, 15) is 4.79 Å². The van der Waals surface area contributed by atoms with Crippen LogP contribution in [0.3, 0.4) is 0 Å². The van der Waals surface area contributed by atoms with Crippen LogP contribution in [-0.4, -0.2) is 26.3 Å². The molecule has 0 saturated carbocycles. The lowest BCUT2D eigenvalue weighted by atomic mass is 10.1. The van der Waals surface area contributed by atoms with Gasteiger partial charge in [-0.2, -0.15) is 0 Å². The van der Waals surface area contributed by atoms with E-state index >= 15 is 0 Å². The monoisotopic (exact) mass is 328 g/mol. The maximum absolute atomic E-state index is 11.9. The molecule has 0 saturated heterocycles. The molecule has 0 heterocycles. The second-order valence-corrected chi connectivity index (χ2v) is 5.25. The summed E-state index contributed by atoms with van der Waals surface area (Å²) < 4.78 is 10.7. The Hall–Kier alpha value is -2.69. The molecule has 5 heteroatoms. The largest absolute Gasteiger partial charge is 0.496 e. The van der Waals surface area contributed by atoms with Gasteiger partial charge in [0, 0.05) is 13.1 Å². The smallest absolute Gasteiger partial charge is 0.315 e. The molecule has 0 unspecified atom stereocenters. The lowest BCUT2D eigenvalue weighted by molar-refractivity contribution is 0.240. The summed E-state index contributed by atoms with van der Waals surface area (Å²) in [5.41, 5.74) is 2.10. The van der Waals surface area contributed by atoms with Gasteiger partial charge in [0.15, 0.2) is 0 Å². The second kappa shape index (κ2) is 9.45. The normalized spacial score (nSPS) is 10.1. The van der Waals surface area contributed by atoms with Gasteiger partial charge in [-0.1, -0.05) is 30.3 Å². The Morgan fingerprint density at radius 3 is 2.50 bits per heavy atom. The molecule has 2 N–H and O–H groups in total. The number of nitrogens with one attached hydrogen (secondary N) is 2. The van der Waals surface area contributed by atoms with Crippen molar-refractivity contribution >= 4 is 6.03 Å². The van der Waals surface area contributed by atoms with Gasteiger partial charge in [-0.3, -0.25) is 0 Å². The number of hydrogen-bond donors (Lipinski definition) is 2. The van der Waals surface area contributed by atoms with E-state index in [1.54, 1.807) is 7.11 Å². The Labute approximate surface area is 143 Å². The summed E-state index contributed by atoms with van der Waals surface area (Å²) in [6.07, 6.45) is 0.723. The standard InChI is InChI=1S/C19H24N2O3/c1-3-24-17-10-8-15(9-11-17)14-21-19(22)20-13-12-16-6-4-5-7-18(16)23-2/h4-11H,3,12-14H2,1-2H3,(H2,20,21,22). The number of carbonyl (C=O) groups is 1. The minimum absolute atomic E-state index is 0.182. The van der Waals surface area contributed by atoms with E-state index < -0.39 is 0 Å². The quantitative estimate of drug-likeness (QED) is 0.783. The van der Waals surface area contributed by atoms with Crippen LogP contribution in [0.15, 0.2) is 48.5 Å². The molecule has 128 valence electrons. The third kappa shape index (κ3) is 5.50. The van der Waals surface area contributed by atoms with Crippen molar-refractivity contribution in [3.8, 4) is 11.5 Å². The van der Waals surface area contributed by atoms with Crippen molar-refractivity contribution in [2.24, 2.45) is 0 Å². The number of rotatable bonds is 8. The van der Waals surface area contributed by atoms with E-state index in [0.29, 0.717) is 19.7 Å². The number of methoxy groups -OCH3 is 1. The molecule has 2 rings (SSSR count). The molecular weight excluding hydrogens is 304 g/mol. The van der Waals surface area contributed by atoms with Crippen LogP contribution in [0.4, 0.5) is 4.79 Å². The molecular formula is C19H24N2O3. The van der Waals surface area contributed by atoms with Crippen molar-refractivity contribution in [1.29, 1.82) is 0 Å². The highest BCUT2D eigenvalue weighted by Gasteiger charge is 2.04. The molecule has 0 radical (unpaired) electrons. The van der Waals surface area contributed by atoms with E-state index in [2.05, 4.69) is 10.6 Å². The van der Waals surface area contributed by atoms with Gasteiger partial charge >= 0.3 is 6.03 Å².